The van der Waals surface area contributed by atoms with E-state index in [9.17, 15) is 4.39 Å². The first-order chi connectivity index (χ1) is 5.57. The Morgan fingerprint density at radius 1 is 1.00 bits per heavy atom. The SMILES string of the molecule is OC1[C@H](O)OC(CF)[C@@H](O)[C@H]1O. The minimum absolute atomic E-state index is 1.03. The molecule has 0 aromatic rings. The summed E-state index contributed by atoms with van der Waals surface area (Å²) in [6.45, 7) is -1.03. The predicted molar refractivity (Wildman–Crippen MR) is 34.9 cm³/mol. The Hall–Kier alpha value is -0.270. The maximum absolute atomic E-state index is 12.0. The van der Waals surface area contributed by atoms with Crippen LogP contribution in [0.4, 0.5) is 4.39 Å². The Morgan fingerprint density at radius 3 is 2.08 bits per heavy atom. The van der Waals surface area contributed by atoms with Crippen LogP contribution in [-0.4, -0.2) is 57.8 Å². The van der Waals surface area contributed by atoms with Crippen LogP contribution in [0.15, 0.2) is 0 Å². The zero-order valence-electron chi connectivity index (χ0n) is 6.17. The van der Waals surface area contributed by atoms with Crippen molar-refractivity contribution in [3.63, 3.8) is 0 Å². The zero-order valence-corrected chi connectivity index (χ0v) is 6.17. The number of halogens is 1. The molecule has 0 aromatic heterocycles. The molecule has 0 aliphatic carbocycles. The summed E-state index contributed by atoms with van der Waals surface area (Å²) in [5.74, 6) is 0. The van der Waals surface area contributed by atoms with Crippen LogP contribution in [0.2, 0.25) is 0 Å². The highest BCUT2D eigenvalue weighted by molar-refractivity contribution is 4.88. The summed E-state index contributed by atoms with van der Waals surface area (Å²) in [6.07, 6.45) is -7.60. The zero-order chi connectivity index (χ0) is 9.30. The molecule has 0 bridgehead atoms. The quantitative estimate of drug-likeness (QED) is 0.368. The molecule has 0 amide bonds. The van der Waals surface area contributed by atoms with Crippen molar-refractivity contribution in [2.45, 2.75) is 30.7 Å². The van der Waals surface area contributed by atoms with Crippen molar-refractivity contribution in [3.05, 3.63) is 0 Å². The Morgan fingerprint density at radius 2 is 1.58 bits per heavy atom. The normalized spacial score (nSPS) is 49.2. The molecule has 4 N–H and O–H groups in total. The molecule has 0 radical (unpaired) electrons. The van der Waals surface area contributed by atoms with Crippen LogP contribution in [0.25, 0.3) is 0 Å². The Kier molecular flexibility index (Phi) is 2.97. The molecular weight excluding hydrogens is 171 g/mol. The first-order valence-corrected chi connectivity index (χ1v) is 3.51. The topological polar surface area (TPSA) is 90.2 Å². The van der Waals surface area contributed by atoms with Gasteiger partial charge in [0.25, 0.3) is 0 Å². The molecule has 1 rings (SSSR count). The third-order valence-electron chi connectivity index (χ3n) is 1.84. The number of rotatable bonds is 1. The molecule has 0 saturated carbocycles. The fourth-order valence-corrected chi connectivity index (χ4v) is 1.06. The van der Waals surface area contributed by atoms with Crippen molar-refractivity contribution in [2.24, 2.45) is 0 Å². The summed E-state index contributed by atoms with van der Waals surface area (Å²) in [7, 11) is 0. The number of hydrogen-bond acceptors (Lipinski definition) is 5. The highest BCUT2D eigenvalue weighted by atomic mass is 19.1. The minimum atomic E-state index is -1.65. The minimum Gasteiger partial charge on any atom is -0.387 e. The van der Waals surface area contributed by atoms with Crippen LogP contribution in [0.5, 0.6) is 0 Å². The first-order valence-electron chi connectivity index (χ1n) is 3.51. The summed E-state index contributed by atoms with van der Waals surface area (Å²) in [5, 5.41) is 35.8. The molecule has 5 atom stereocenters. The van der Waals surface area contributed by atoms with E-state index < -0.39 is 37.4 Å². The Bertz CT molecular complexity index is 150. The monoisotopic (exact) mass is 182 g/mol. The van der Waals surface area contributed by atoms with Gasteiger partial charge in [0.2, 0.25) is 0 Å². The average Bonchev–Trinajstić information content (AvgIpc) is 2.08. The van der Waals surface area contributed by atoms with Crippen molar-refractivity contribution < 1.29 is 29.6 Å². The van der Waals surface area contributed by atoms with Crippen LogP contribution in [0.1, 0.15) is 0 Å². The second kappa shape index (κ2) is 3.63. The van der Waals surface area contributed by atoms with E-state index in [1.165, 1.54) is 0 Å². The summed E-state index contributed by atoms with van der Waals surface area (Å²) in [6, 6.07) is 0. The third-order valence-corrected chi connectivity index (χ3v) is 1.84. The van der Waals surface area contributed by atoms with Gasteiger partial charge >= 0.3 is 0 Å². The van der Waals surface area contributed by atoms with Gasteiger partial charge in [-0.1, -0.05) is 0 Å². The van der Waals surface area contributed by atoms with Crippen LogP contribution in [0.3, 0.4) is 0 Å². The molecule has 0 aromatic carbocycles. The highest BCUT2D eigenvalue weighted by Gasteiger charge is 2.42. The van der Waals surface area contributed by atoms with E-state index in [-0.39, 0.29) is 0 Å². The molecule has 1 aliphatic heterocycles. The van der Waals surface area contributed by atoms with Gasteiger partial charge in [0.15, 0.2) is 6.29 Å². The van der Waals surface area contributed by atoms with Gasteiger partial charge in [-0.15, -0.1) is 0 Å². The summed E-state index contributed by atoms with van der Waals surface area (Å²) < 4.78 is 16.5. The second-order valence-electron chi connectivity index (χ2n) is 2.69. The second-order valence-corrected chi connectivity index (χ2v) is 2.69. The fourth-order valence-electron chi connectivity index (χ4n) is 1.06. The van der Waals surface area contributed by atoms with Crippen LogP contribution >= 0.6 is 0 Å². The van der Waals surface area contributed by atoms with Crippen LogP contribution < -0.4 is 0 Å². The van der Waals surface area contributed by atoms with Gasteiger partial charge in [-0.3, -0.25) is 0 Å². The van der Waals surface area contributed by atoms with Gasteiger partial charge in [-0.25, -0.2) is 4.39 Å². The lowest BCUT2D eigenvalue weighted by atomic mass is 10.00. The standard InChI is InChI=1S/C6H11FO5/c7-1-2-3(8)4(9)5(10)6(11)12-2/h2-6,8-11H,1H2/t2?,3-,4-,5?,6-/m1/s1. The lowest BCUT2D eigenvalue weighted by molar-refractivity contribution is -0.283. The largest absolute Gasteiger partial charge is 0.387 e. The van der Waals surface area contributed by atoms with Crippen molar-refractivity contribution in [2.75, 3.05) is 6.67 Å². The van der Waals surface area contributed by atoms with Gasteiger partial charge in [0, 0.05) is 0 Å². The van der Waals surface area contributed by atoms with E-state index in [0.717, 1.165) is 0 Å². The summed E-state index contributed by atoms with van der Waals surface area (Å²) in [4.78, 5) is 0. The molecule has 1 aliphatic rings. The molecule has 12 heavy (non-hydrogen) atoms. The molecule has 1 saturated heterocycles. The number of ether oxygens (including phenoxy) is 1. The Labute approximate surface area is 68.0 Å². The van der Waals surface area contributed by atoms with Crippen molar-refractivity contribution >= 4 is 0 Å². The maximum Gasteiger partial charge on any atom is 0.184 e. The molecule has 72 valence electrons. The van der Waals surface area contributed by atoms with Gasteiger partial charge in [0.1, 0.15) is 31.1 Å². The van der Waals surface area contributed by atoms with Crippen LogP contribution in [0, 0.1) is 0 Å². The lowest BCUT2D eigenvalue weighted by Crippen LogP contribution is -2.58. The smallest absolute Gasteiger partial charge is 0.184 e. The van der Waals surface area contributed by atoms with E-state index in [0.29, 0.717) is 0 Å². The van der Waals surface area contributed by atoms with Crippen molar-refractivity contribution in [3.8, 4) is 0 Å². The molecule has 6 heteroatoms. The van der Waals surface area contributed by atoms with E-state index in [2.05, 4.69) is 4.74 Å². The van der Waals surface area contributed by atoms with Gasteiger partial charge < -0.3 is 25.2 Å². The molecule has 1 fully saturated rings. The number of aliphatic hydroxyl groups excluding tert-OH is 4. The summed E-state index contributed by atoms with van der Waals surface area (Å²) >= 11 is 0. The molecular formula is C6H11FO5. The van der Waals surface area contributed by atoms with Gasteiger partial charge in [-0.2, -0.15) is 0 Å². The van der Waals surface area contributed by atoms with E-state index in [1.54, 1.807) is 0 Å². The predicted octanol–water partition coefficient (Wildman–Crippen LogP) is -2.24. The van der Waals surface area contributed by atoms with Gasteiger partial charge in [0.05, 0.1) is 0 Å². The number of hydrogen-bond donors (Lipinski definition) is 4. The summed E-state index contributed by atoms with van der Waals surface area (Å²) in [5.41, 5.74) is 0. The number of alkyl halides is 1. The van der Waals surface area contributed by atoms with E-state index in [1.807, 2.05) is 0 Å². The molecule has 1 heterocycles. The van der Waals surface area contributed by atoms with Crippen LogP contribution in [-0.2, 0) is 4.74 Å². The lowest BCUT2D eigenvalue weighted by Gasteiger charge is -2.37. The average molecular weight is 182 g/mol. The van der Waals surface area contributed by atoms with Crippen molar-refractivity contribution in [1.82, 2.24) is 0 Å². The maximum atomic E-state index is 12.0. The first kappa shape index (κ1) is 9.82. The molecule has 0 spiro atoms. The molecule has 2 unspecified atom stereocenters. The number of aliphatic hydroxyl groups is 4. The Balaban J connectivity index is 2.63. The fraction of sp³-hybridized carbons (Fsp3) is 1.00. The third kappa shape index (κ3) is 1.57. The van der Waals surface area contributed by atoms with Crippen molar-refractivity contribution in [1.29, 1.82) is 0 Å². The molecule has 5 nitrogen and oxygen atoms in total. The van der Waals surface area contributed by atoms with E-state index in [4.69, 9.17) is 20.4 Å². The highest BCUT2D eigenvalue weighted by Crippen LogP contribution is 2.19. The van der Waals surface area contributed by atoms with E-state index >= 15 is 0 Å². The van der Waals surface area contributed by atoms with Gasteiger partial charge in [-0.05, 0) is 0 Å².